The number of allylic oxidation sites excluding steroid dienone is 1. The van der Waals surface area contributed by atoms with Gasteiger partial charge in [-0.2, -0.15) is 0 Å². The van der Waals surface area contributed by atoms with Gasteiger partial charge in [0, 0.05) is 6.92 Å². The molecule has 0 spiro atoms. The quantitative estimate of drug-likeness (QED) is 0.564. The zero-order valence-electron chi connectivity index (χ0n) is 15.7. The monoisotopic (exact) mass is 348 g/mol. The van der Waals surface area contributed by atoms with Crippen LogP contribution in [0.1, 0.15) is 65.7 Å². The SMILES string of the molecule is CC(=O)OC1C2=CC[C@@H]3[C@@H](CC[C@]4(C)C(O)CC[C@@H]34)[C@@]2(C)CCC1O. The first-order valence-corrected chi connectivity index (χ1v) is 10.0. The van der Waals surface area contributed by atoms with Crippen molar-refractivity contribution in [1.82, 2.24) is 0 Å². The van der Waals surface area contributed by atoms with Crippen LogP contribution >= 0.6 is 0 Å². The molecule has 3 saturated carbocycles. The number of hydrogen-bond donors (Lipinski definition) is 2. The normalized spacial score (nSPS) is 51.8. The summed E-state index contributed by atoms with van der Waals surface area (Å²) >= 11 is 0. The van der Waals surface area contributed by atoms with Crippen molar-refractivity contribution in [2.45, 2.75) is 84.0 Å². The fourth-order valence-electron chi connectivity index (χ4n) is 6.99. The Labute approximate surface area is 150 Å². The second-order valence-corrected chi connectivity index (χ2v) is 9.46. The van der Waals surface area contributed by atoms with Gasteiger partial charge in [0.25, 0.3) is 0 Å². The van der Waals surface area contributed by atoms with Crippen molar-refractivity contribution in [3.8, 4) is 0 Å². The van der Waals surface area contributed by atoms with Gasteiger partial charge in [-0.1, -0.05) is 19.9 Å². The van der Waals surface area contributed by atoms with E-state index in [1.165, 1.54) is 6.92 Å². The van der Waals surface area contributed by atoms with Crippen LogP contribution in [0.15, 0.2) is 11.6 Å². The van der Waals surface area contributed by atoms with Gasteiger partial charge in [-0.3, -0.25) is 4.79 Å². The maximum atomic E-state index is 11.6. The van der Waals surface area contributed by atoms with E-state index in [2.05, 4.69) is 19.9 Å². The molecule has 25 heavy (non-hydrogen) atoms. The number of aliphatic hydroxyl groups is 2. The molecule has 0 bridgehead atoms. The molecule has 4 aliphatic rings. The predicted octanol–water partition coefficient (Wildman–Crippen LogP) is 3.21. The summed E-state index contributed by atoms with van der Waals surface area (Å²) in [6.07, 6.45) is 8.00. The lowest BCUT2D eigenvalue weighted by Gasteiger charge is -2.58. The van der Waals surface area contributed by atoms with Gasteiger partial charge < -0.3 is 14.9 Å². The summed E-state index contributed by atoms with van der Waals surface area (Å²) in [6, 6.07) is 0. The van der Waals surface area contributed by atoms with Crippen LogP contribution in [0.4, 0.5) is 0 Å². The van der Waals surface area contributed by atoms with Crippen LogP contribution in [0.2, 0.25) is 0 Å². The number of hydrogen-bond acceptors (Lipinski definition) is 4. The van der Waals surface area contributed by atoms with Crippen molar-refractivity contribution in [3.05, 3.63) is 11.6 Å². The highest BCUT2D eigenvalue weighted by Gasteiger charge is 2.59. The lowest BCUT2D eigenvalue weighted by Crippen LogP contribution is -2.54. The third-order valence-corrected chi connectivity index (χ3v) is 8.38. The molecule has 4 rings (SSSR count). The van der Waals surface area contributed by atoms with Gasteiger partial charge in [-0.05, 0) is 79.1 Å². The van der Waals surface area contributed by atoms with Crippen molar-refractivity contribution < 1.29 is 19.7 Å². The van der Waals surface area contributed by atoms with E-state index >= 15 is 0 Å². The van der Waals surface area contributed by atoms with Crippen LogP contribution in [0.3, 0.4) is 0 Å². The number of carbonyl (C=O) groups excluding carboxylic acids is 1. The van der Waals surface area contributed by atoms with Crippen LogP contribution in [0, 0.1) is 28.6 Å². The number of rotatable bonds is 1. The number of ether oxygens (including phenoxy) is 1. The second kappa shape index (κ2) is 5.82. The molecule has 2 N–H and O–H groups in total. The maximum Gasteiger partial charge on any atom is 0.303 e. The molecular weight excluding hydrogens is 316 g/mol. The summed E-state index contributed by atoms with van der Waals surface area (Å²) < 4.78 is 5.54. The third kappa shape index (κ3) is 2.43. The summed E-state index contributed by atoms with van der Waals surface area (Å²) in [5.41, 5.74) is 1.24. The Kier molecular flexibility index (Phi) is 4.08. The summed E-state index contributed by atoms with van der Waals surface area (Å²) in [7, 11) is 0. The first-order valence-electron chi connectivity index (χ1n) is 10.0. The van der Waals surface area contributed by atoms with E-state index in [0.29, 0.717) is 24.2 Å². The molecular formula is C21H32O4. The van der Waals surface area contributed by atoms with E-state index in [9.17, 15) is 15.0 Å². The molecule has 4 heteroatoms. The Bertz CT molecular complexity index is 599. The Balaban J connectivity index is 1.68. The Morgan fingerprint density at radius 1 is 1.12 bits per heavy atom. The Morgan fingerprint density at radius 2 is 1.88 bits per heavy atom. The summed E-state index contributed by atoms with van der Waals surface area (Å²) in [5.74, 6) is 1.46. The summed E-state index contributed by atoms with van der Waals surface area (Å²) in [5, 5.41) is 21.0. The van der Waals surface area contributed by atoms with E-state index in [0.717, 1.165) is 44.1 Å². The second-order valence-electron chi connectivity index (χ2n) is 9.46. The van der Waals surface area contributed by atoms with Gasteiger partial charge in [-0.25, -0.2) is 0 Å². The summed E-state index contributed by atoms with van der Waals surface area (Å²) in [4.78, 5) is 11.6. The van der Waals surface area contributed by atoms with Gasteiger partial charge in [0.2, 0.25) is 0 Å². The molecule has 0 aromatic carbocycles. The number of esters is 1. The molecule has 3 fully saturated rings. The molecule has 8 atom stereocenters. The molecule has 0 aromatic rings. The highest BCUT2D eigenvalue weighted by Crippen LogP contribution is 2.64. The van der Waals surface area contributed by atoms with E-state index < -0.39 is 12.2 Å². The van der Waals surface area contributed by atoms with Crippen molar-refractivity contribution in [3.63, 3.8) is 0 Å². The lowest BCUT2D eigenvalue weighted by molar-refractivity contribution is -0.155. The highest BCUT2D eigenvalue weighted by molar-refractivity contribution is 5.66. The molecule has 0 saturated heterocycles. The minimum Gasteiger partial charge on any atom is -0.455 e. The molecule has 0 aliphatic heterocycles. The van der Waals surface area contributed by atoms with Gasteiger partial charge in [-0.15, -0.1) is 0 Å². The number of aliphatic hydroxyl groups excluding tert-OH is 2. The molecule has 0 heterocycles. The average molecular weight is 348 g/mol. The molecule has 0 radical (unpaired) electrons. The molecule has 0 amide bonds. The minimum atomic E-state index is -0.582. The first kappa shape index (κ1) is 17.5. The van der Waals surface area contributed by atoms with Crippen LogP contribution in [0.5, 0.6) is 0 Å². The van der Waals surface area contributed by atoms with Crippen LogP contribution < -0.4 is 0 Å². The lowest BCUT2D eigenvalue weighted by atomic mass is 9.47. The van der Waals surface area contributed by atoms with Gasteiger partial charge in [0.05, 0.1) is 12.2 Å². The van der Waals surface area contributed by atoms with E-state index in [4.69, 9.17) is 4.74 Å². The molecule has 0 aromatic heterocycles. The Hall–Kier alpha value is -0.870. The Morgan fingerprint density at radius 3 is 2.60 bits per heavy atom. The van der Waals surface area contributed by atoms with Crippen LogP contribution in [0.25, 0.3) is 0 Å². The van der Waals surface area contributed by atoms with E-state index in [-0.39, 0.29) is 22.9 Å². The maximum absolute atomic E-state index is 11.6. The summed E-state index contributed by atoms with van der Waals surface area (Å²) in [6.45, 7) is 6.04. The predicted molar refractivity (Wildman–Crippen MR) is 94.7 cm³/mol. The molecule has 4 nitrogen and oxygen atoms in total. The van der Waals surface area contributed by atoms with Crippen molar-refractivity contribution in [2.75, 3.05) is 0 Å². The number of fused-ring (bicyclic) bond motifs is 5. The van der Waals surface area contributed by atoms with Gasteiger partial charge >= 0.3 is 5.97 Å². The molecule has 4 aliphatic carbocycles. The van der Waals surface area contributed by atoms with Crippen molar-refractivity contribution in [1.29, 1.82) is 0 Å². The van der Waals surface area contributed by atoms with Gasteiger partial charge in [0.15, 0.2) is 0 Å². The zero-order valence-corrected chi connectivity index (χ0v) is 15.7. The van der Waals surface area contributed by atoms with E-state index in [1.807, 2.05) is 0 Å². The average Bonchev–Trinajstić information content (AvgIpc) is 2.86. The topological polar surface area (TPSA) is 66.8 Å². The van der Waals surface area contributed by atoms with Crippen molar-refractivity contribution in [2.24, 2.45) is 28.6 Å². The largest absolute Gasteiger partial charge is 0.455 e. The standard InChI is InChI=1S/C21H32O4/c1-12(22)25-19-16-5-4-13-14-6-7-18(24)21(14,3)10-8-15(13)20(16,2)11-9-17(19)23/h5,13-15,17-19,23-24H,4,6-11H2,1-3H3/t13-,14-,15+,17?,18?,19?,20+,21-/m0/s1. The van der Waals surface area contributed by atoms with E-state index in [1.54, 1.807) is 0 Å². The number of carbonyl (C=O) groups is 1. The van der Waals surface area contributed by atoms with Crippen LogP contribution in [-0.4, -0.2) is 34.5 Å². The zero-order chi connectivity index (χ0) is 18.0. The van der Waals surface area contributed by atoms with Crippen molar-refractivity contribution >= 4 is 5.97 Å². The minimum absolute atomic E-state index is 0.0110. The molecule has 3 unspecified atom stereocenters. The molecule has 140 valence electrons. The first-order chi connectivity index (χ1) is 11.8. The fourth-order valence-corrected chi connectivity index (χ4v) is 6.99. The van der Waals surface area contributed by atoms with Gasteiger partial charge in [0.1, 0.15) is 6.10 Å². The third-order valence-electron chi connectivity index (χ3n) is 8.38. The van der Waals surface area contributed by atoms with Crippen LogP contribution in [-0.2, 0) is 9.53 Å². The highest BCUT2D eigenvalue weighted by atomic mass is 16.6. The fraction of sp³-hybridized carbons (Fsp3) is 0.857. The smallest absolute Gasteiger partial charge is 0.303 e.